The molecule has 0 saturated carbocycles. The minimum atomic E-state index is -4.19. The Hall–Kier alpha value is -1.98. The van der Waals surface area contributed by atoms with Gasteiger partial charge >= 0.3 is 0 Å². The molecule has 0 saturated heterocycles. The Balaban J connectivity index is 2.46. The molecular weight excluding hydrogens is 262 g/mol. The van der Waals surface area contributed by atoms with Crippen LogP contribution in [0.2, 0.25) is 0 Å². The van der Waals surface area contributed by atoms with E-state index in [1.807, 2.05) is 31.2 Å². The number of aromatic nitrogens is 1. The van der Waals surface area contributed by atoms with Crippen LogP contribution in [0.3, 0.4) is 0 Å². The molecule has 0 unspecified atom stereocenters. The first kappa shape index (κ1) is 12.1. The van der Waals surface area contributed by atoms with Crippen molar-refractivity contribution in [2.24, 2.45) is 0 Å². The molecule has 0 fully saturated rings. The first-order chi connectivity index (χ1) is 8.97. The fourth-order valence-electron chi connectivity index (χ4n) is 2.24. The first-order valence-corrected chi connectivity index (χ1v) is 7.17. The van der Waals surface area contributed by atoms with Crippen LogP contribution in [0.4, 0.5) is 0 Å². The maximum atomic E-state index is 11.2. The largest absolute Gasteiger partial charge is 0.294 e. The van der Waals surface area contributed by atoms with Crippen LogP contribution in [-0.4, -0.2) is 18.0 Å². The fourth-order valence-corrected chi connectivity index (χ4v) is 2.74. The second-order valence-corrected chi connectivity index (χ2v) is 5.83. The van der Waals surface area contributed by atoms with Gasteiger partial charge in [0.15, 0.2) is 0 Å². The second-order valence-electron chi connectivity index (χ2n) is 4.41. The van der Waals surface area contributed by atoms with E-state index in [0.717, 1.165) is 21.9 Å². The third-order valence-corrected chi connectivity index (χ3v) is 4.07. The molecule has 19 heavy (non-hydrogen) atoms. The molecule has 0 aliphatic rings. The Kier molecular flexibility index (Phi) is 2.55. The van der Waals surface area contributed by atoms with E-state index in [2.05, 4.69) is 4.98 Å². The summed E-state index contributed by atoms with van der Waals surface area (Å²) in [6.07, 6.45) is 0. The molecule has 96 valence electrons. The Labute approximate surface area is 110 Å². The van der Waals surface area contributed by atoms with Crippen LogP contribution in [0.1, 0.15) is 5.56 Å². The summed E-state index contributed by atoms with van der Waals surface area (Å²) in [5, 5.41) is 1.70. The van der Waals surface area contributed by atoms with E-state index in [1.54, 1.807) is 6.07 Å². The number of pyridine rings is 1. The van der Waals surface area contributed by atoms with Gasteiger partial charge in [-0.15, -0.1) is 0 Å². The fraction of sp³-hybridized carbons (Fsp3) is 0.0714. The lowest BCUT2D eigenvalue weighted by molar-refractivity contribution is 0.483. The topological polar surface area (TPSA) is 67.3 Å². The Bertz CT molecular complexity index is 901. The molecule has 0 aliphatic heterocycles. The van der Waals surface area contributed by atoms with E-state index in [9.17, 15) is 8.42 Å². The zero-order valence-corrected chi connectivity index (χ0v) is 11.0. The highest BCUT2D eigenvalue weighted by Crippen LogP contribution is 2.26. The Morgan fingerprint density at radius 2 is 1.68 bits per heavy atom. The van der Waals surface area contributed by atoms with E-state index >= 15 is 0 Å². The lowest BCUT2D eigenvalue weighted by Gasteiger charge is -2.07. The maximum absolute atomic E-state index is 11.2. The summed E-state index contributed by atoms with van der Waals surface area (Å²) in [6.45, 7) is 1.92. The van der Waals surface area contributed by atoms with Crippen molar-refractivity contribution in [2.45, 2.75) is 11.8 Å². The van der Waals surface area contributed by atoms with Gasteiger partial charge in [-0.25, -0.2) is 4.98 Å². The summed E-state index contributed by atoms with van der Waals surface area (Å²) in [5.74, 6) is 0. The van der Waals surface area contributed by atoms with Crippen molar-refractivity contribution in [3.63, 3.8) is 0 Å². The molecule has 5 heteroatoms. The third kappa shape index (κ3) is 1.97. The molecule has 0 radical (unpaired) electrons. The predicted molar refractivity (Wildman–Crippen MR) is 73.8 cm³/mol. The van der Waals surface area contributed by atoms with Gasteiger partial charge in [0, 0.05) is 10.8 Å². The zero-order chi connectivity index (χ0) is 13.6. The predicted octanol–water partition coefficient (Wildman–Crippen LogP) is 2.94. The van der Waals surface area contributed by atoms with Crippen LogP contribution in [0.25, 0.3) is 21.8 Å². The second kappa shape index (κ2) is 4.01. The Morgan fingerprint density at radius 1 is 1.00 bits per heavy atom. The highest BCUT2D eigenvalue weighted by atomic mass is 32.2. The number of rotatable bonds is 1. The van der Waals surface area contributed by atoms with Gasteiger partial charge in [0.05, 0.1) is 15.9 Å². The average molecular weight is 273 g/mol. The van der Waals surface area contributed by atoms with E-state index in [1.165, 1.54) is 12.1 Å². The molecule has 0 atom stereocenters. The van der Waals surface area contributed by atoms with Crippen molar-refractivity contribution in [1.82, 2.24) is 4.98 Å². The molecule has 0 bridgehead atoms. The van der Waals surface area contributed by atoms with Gasteiger partial charge in [0.1, 0.15) is 0 Å². The molecule has 1 N–H and O–H groups in total. The van der Waals surface area contributed by atoms with Crippen LogP contribution >= 0.6 is 0 Å². The summed E-state index contributed by atoms with van der Waals surface area (Å²) < 4.78 is 31.5. The van der Waals surface area contributed by atoms with Gasteiger partial charge in [-0.3, -0.25) is 4.55 Å². The van der Waals surface area contributed by atoms with Crippen LogP contribution in [0, 0.1) is 6.92 Å². The summed E-state index contributed by atoms with van der Waals surface area (Å²) in [6, 6.07) is 12.1. The number of hydrogen-bond donors (Lipinski definition) is 1. The van der Waals surface area contributed by atoms with Gasteiger partial charge < -0.3 is 0 Å². The smallest absolute Gasteiger partial charge is 0.282 e. The summed E-state index contributed by atoms with van der Waals surface area (Å²) >= 11 is 0. The van der Waals surface area contributed by atoms with Gasteiger partial charge in [-0.1, -0.05) is 18.2 Å². The maximum Gasteiger partial charge on any atom is 0.294 e. The molecule has 0 spiro atoms. The van der Waals surface area contributed by atoms with Gasteiger partial charge in [0.25, 0.3) is 10.1 Å². The molecule has 4 nitrogen and oxygen atoms in total. The zero-order valence-electron chi connectivity index (χ0n) is 10.2. The molecule has 3 aromatic rings. The molecule has 2 aromatic carbocycles. The molecule has 3 rings (SSSR count). The van der Waals surface area contributed by atoms with Crippen LogP contribution < -0.4 is 0 Å². The normalized spacial score (nSPS) is 12.1. The van der Waals surface area contributed by atoms with E-state index in [4.69, 9.17) is 4.55 Å². The van der Waals surface area contributed by atoms with Crippen molar-refractivity contribution in [3.05, 3.63) is 48.0 Å². The summed E-state index contributed by atoms with van der Waals surface area (Å²) in [7, 11) is -4.19. The number of nitrogens with zero attached hydrogens (tertiary/aromatic N) is 1. The van der Waals surface area contributed by atoms with Gasteiger partial charge in [0.2, 0.25) is 0 Å². The van der Waals surface area contributed by atoms with Crippen LogP contribution in [-0.2, 0) is 10.1 Å². The van der Waals surface area contributed by atoms with Crippen molar-refractivity contribution in [2.75, 3.05) is 0 Å². The minimum Gasteiger partial charge on any atom is -0.282 e. The summed E-state index contributed by atoms with van der Waals surface area (Å²) in [5.41, 5.74) is 2.53. The van der Waals surface area contributed by atoms with Gasteiger partial charge in [-0.2, -0.15) is 8.42 Å². The van der Waals surface area contributed by atoms with Crippen molar-refractivity contribution in [1.29, 1.82) is 0 Å². The van der Waals surface area contributed by atoms with Crippen molar-refractivity contribution in [3.8, 4) is 0 Å². The third-order valence-electron chi connectivity index (χ3n) is 3.22. The van der Waals surface area contributed by atoms with Crippen LogP contribution in [0.15, 0.2) is 47.4 Å². The average Bonchev–Trinajstić information content (AvgIpc) is 2.37. The number of para-hydroxylation sites is 1. The lowest BCUT2D eigenvalue weighted by atomic mass is 10.0. The number of aryl methyl sites for hydroxylation is 1. The number of hydrogen-bond acceptors (Lipinski definition) is 3. The van der Waals surface area contributed by atoms with E-state index in [-0.39, 0.29) is 4.90 Å². The van der Waals surface area contributed by atoms with E-state index < -0.39 is 10.1 Å². The standard InChI is InChI=1S/C14H11NO3S/c1-9-11-4-2-3-5-13(11)15-14-7-6-10(8-12(9)14)19(16,17)18/h2-8H,1H3,(H,16,17,18). The summed E-state index contributed by atoms with van der Waals surface area (Å²) in [4.78, 5) is 4.37. The number of benzene rings is 2. The molecule has 0 aliphatic carbocycles. The van der Waals surface area contributed by atoms with Crippen molar-refractivity contribution < 1.29 is 13.0 Å². The molecule has 1 heterocycles. The lowest BCUT2D eigenvalue weighted by Crippen LogP contribution is -1.98. The Morgan fingerprint density at radius 3 is 2.42 bits per heavy atom. The van der Waals surface area contributed by atoms with Crippen molar-refractivity contribution >= 4 is 31.9 Å². The van der Waals surface area contributed by atoms with E-state index in [0.29, 0.717) is 5.52 Å². The molecule has 1 aromatic heterocycles. The SMILES string of the molecule is Cc1c2ccccc2nc2ccc(S(=O)(=O)O)cc12. The quantitative estimate of drug-likeness (QED) is 0.547. The molecular formula is C14H11NO3S. The van der Waals surface area contributed by atoms with Gasteiger partial charge in [-0.05, 0) is 36.8 Å². The van der Waals surface area contributed by atoms with Crippen LogP contribution in [0.5, 0.6) is 0 Å². The highest BCUT2D eigenvalue weighted by molar-refractivity contribution is 7.85. The number of fused-ring (bicyclic) bond motifs is 2. The molecule has 0 amide bonds. The first-order valence-electron chi connectivity index (χ1n) is 5.73. The minimum absolute atomic E-state index is 0.111. The monoisotopic (exact) mass is 273 g/mol. The highest BCUT2D eigenvalue weighted by Gasteiger charge is 2.12.